The van der Waals surface area contributed by atoms with Gasteiger partial charge in [0.15, 0.2) is 23.1 Å². The van der Waals surface area contributed by atoms with Gasteiger partial charge >= 0.3 is 10.1 Å². The molecule has 0 unspecified atom stereocenters. The molecule has 0 fully saturated rings. The molecule has 2 aromatic carbocycles. The Bertz CT molecular complexity index is 743. The molecule has 5 nitrogen and oxygen atoms in total. The molecule has 2 rings (SSSR count). The van der Waals surface area contributed by atoms with E-state index in [0.717, 1.165) is 6.07 Å². The first kappa shape index (κ1) is 15.1. The molecule has 0 saturated carbocycles. The third-order valence-electron chi connectivity index (χ3n) is 2.68. The summed E-state index contributed by atoms with van der Waals surface area (Å²) >= 11 is 0. The van der Waals surface area contributed by atoms with E-state index in [4.69, 9.17) is 13.7 Å². The molecular formula is C14H13FO5S. The second-order valence-electron chi connectivity index (χ2n) is 3.98. The van der Waals surface area contributed by atoms with Crippen LogP contribution in [0, 0.1) is 5.82 Å². The van der Waals surface area contributed by atoms with E-state index in [0.29, 0.717) is 5.75 Å². The third-order valence-corrected chi connectivity index (χ3v) is 3.91. The molecule has 0 bridgehead atoms. The van der Waals surface area contributed by atoms with E-state index in [9.17, 15) is 12.8 Å². The van der Waals surface area contributed by atoms with E-state index in [-0.39, 0.29) is 16.4 Å². The van der Waals surface area contributed by atoms with Gasteiger partial charge in [-0.05, 0) is 24.3 Å². The summed E-state index contributed by atoms with van der Waals surface area (Å²) in [5, 5.41) is 0. The van der Waals surface area contributed by atoms with E-state index in [1.807, 2.05) is 0 Å². The van der Waals surface area contributed by atoms with Crippen LogP contribution >= 0.6 is 0 Å². The Morgan fingerprint density at radius 1 is 0.905 bits per heavy atom. The quantitative estimate of drug-likeness (QED) is 0.794. The van der Waals surface area contributed by atoms with Gasteiger partial charge in [-0.1, -0.05) is 12.1 Å². The Kier molecular flexibility index (Phi) is 4.32. The predicted octanol–water partition coefficient (Wildman–Crippen LogP) is 2.61. The van der Waals surface area contributed by atoms with Crippen molar-refractivity contribution < 1.29 is 26.5 Å². The van der Waals surface area contributed by atoms with E-state index >= 15 is 0 Å². The molecule has 0 aliphatic rings. The number of halogens is 1. The van der Waals surface area contributed by atoms with Crippen molar-refractivity contribution in [3.8, 4) is 17.2 Å². The van der Waals surface area contributed by atoms with Gasteiger partial charge in [-0.2, -0.15) is 8.42 Å². The van der Waals surface area contributed by atoms with Gasteiger partial charge in [0, 0.05) is 6.07 Å². The van der Waals surface area contributed by atoms with Crippen molar-refractivity contribution in [3.63, 3.8) is 0 Å². The molecule has 0 atom stereocenters. The predicted molar refractivity (Wildman–Crippen MR) is 73.8 cm³/mol. The van der Waals surface area contributed by atoms with Crippen LogP contribution < -0.4 is 13.7 Å². The zero-order valence-electron chi connectivity index (χ0n) is 11.4. The van der Waals surface area contributed by atoms with Crippen molar-refractivity contribution in [1.82, 2.24) is 0 Å². The van der Waals surface area contributed by atoms with E-state index in [1.54, 1.807) is 0 Å². The molecule has 0 amide bonds. The van der Waals surface area contributed by atoms with Crippen LogP contribution in [-0.2, 0) is 10.1 Å². The normalized spacial score (nSPS) is 11.0. The summed E-state index contributed by atoms with van der Waals surface area (Å²) in [5.41, 5.74) is 0. The van der Waals surface area contributed by atoms with Gasteiger partial charge in [0.25, 0.3) is 0 Å². The minimum atomic E-state index is -4.17. The van der Waals surface area contributed by atoms with Crippen LogP contribution in [0.5, 0.6) is 17.2 Å². The second kappa shape index (κ2) is 6.01. The Morgan fingerprint density at radius 2 is 1.57 bits per heavy atom. The molecule has 0 aliphatic heterocycles. The highest BCUT2D eigenvalue weighted by molar-refractivity contribution is 7.87. The van der Waals surface area contributed by atoms with Crippen LogP contribution in [0.3, 0.4) is 0 Å². The van der Waals surface area contributed by atoms with Gasteiger partial charge in [0.1, 0.15) is 4.90 Å². The lowest BCUT2D eigenvalue weighted by Crippen LogP contribution is -2.11. The van der Waals surface area contributed by atoms with E-state index in [2.05, 4.69) is 0 Å². The summed E-state index contributed by atoms with van der Waals surface area (Å²) < 4.78 is 52.6. The van der Waals surface area contributed by atoms with Crippen molar-refractivity contribution >= 4 is 10.1 Å². The van der Waals surface area contributed by atoms with Crippen molar-refractivity contribution in [2.45, 2.75) is 4.90 Å². The number of para-hydroxylation sites is 1. The summed E-state index contributed by atoms with van der Waals surface area (Å²) in [7, 11) is -1.36. The fourth-order valence-electron chi connectivity index (χ4n) is 1.65. The Labute approximate surface area is 122 Å². The first-order valence-corrected chi connectivity index (χ1v) is 7.30. The van der Waals surface area contributed by atoms with Gasteiger partial charge in [-0.25, -0.2) is 4.39 Å². The summed E-state index contributed by atoms with van der Waals surface area (Å²) in [6.07, 6.45) is 0. The monoisotopic (exact) mass is 312 g/mol. The molecule has 0 aliphatic carbocycles. The molecule has 2 aromatic rings. The van der Waals surface area contributed by atoms with Gasteiger partial charge in [0.05, 0.1) is 14.2 Å². The van der Waals surface area contributed by atoms with Gasteiger partial charge in [0.2, 0.25) is 0 Å². The summed E-state index contributed by atoms with van der Waals surface area (Å²) in [4.78, 5) is -0.164. The van der Waals surface area contributed by atoms with Crippen molar-refractivity contribution in [2.24, 2.45) is 0 Å². The molecule has 0 N–H and O–H groups in total. The summed E-state index contributed by atoms with van der Waals surface area (Å²) in [6.45, 7) is 0. The molecule has 0 spiro atoms. The highest BCUT2D eigenvalue weighted by Gasteiger charge is 2.20. The smallest absolute Gasteiger partial charge is 0.339 e. The first-order chi connectivity index (χ1) is 9.97. The Balaban J connectivity index is 2.38. The lowest BCUT2D eigenvalue weighted by atomic mass is 10.3. The van der Waals surface area contributed by atoms with E-state index in [1.165, 1.54) is 50.6 Å². The summed E-state index contributed by atoms with van der Waals surface area (Å²) in [6, 6.07) is 9.21. The lowest BCUT2D eigenvalue weighted by molar-refractivity contribution is 0.353. The zero-order chi connectivity index (χ0) is 15.5. The number of ether oxygens (including phenoxy) is 2. The standard InChI is InChI=1S/C14H13FO5S/c1-18-13-8-7-10(9-14(13)19-2)21(16,17)20-12-6-4-3-5-11(12)15/h3-9H,1-2H3. The first-order valence-electron chi connectivity index (χ1n) is 5.89. The van der Waals surface area contributed by atoms with Crippen LogP contribution in [-0.4, -0.2) is 22.6 Å². The van der Waals surface area contributed by atoms with Crippen LogP contribution in [0.1, 0.15) is 0 Å². The van der Waals surface area contributed by atoms with Gasteiger partial charge in [-0.15, -0.1) is 0 Å². The van der Waals surface area contributed by atoms with Gasteiger partial charge < -0.3 is 13.7 Å². The lowest BCUT2D eigenvalue weighted by Gasteiger charge is -2.11. The molecule has 21 heavy (non-hydrogen) atoms. The highest BCUT2D eigenvalue weighted by Crippen LogP contribution is 2.30. The SMILES string of the molecule is COc1ccc(S(=O)(=O)Oc2ccccc2F)cc1OC. The number of hydrogen-bond acceptors (Lipinski definition) is 5. The Hall–Kier alpha value is -2.28. The highest BCUT2D eigenvalue weighted by atomic mass is 32.2. The summed E-state index contributed by atoms with van der Waals surface area (Å²) in [5.74, 6) is -0.521. The van der Waals surface area contributed by atoms with Gasteiger partial charge in [-0.3, -0.25) is 0 Å². The third kappa shape index (κ3) is 3.25. The maximum Gasteiger partial charge on any atom is 0.339 e. The molecule has 112 valence electrons. The minimum Gasteiger partial charge on any atom is -0.493 e. The van der Waals surface area contributed by atoms with Crippen molar-refractivity contribution in [2.75, 3.05) is 14.2 Å². The molecule has 0 radical (unpaired) electrons. The van der Waals surface area contributed by atoms with Crippen molar-refractivity contribution in [1.29, 1.82) is 0 Å². The second-order valence-corrected chi connectivity index (χ2v) is 5.53. The topological polar surface area (TPSA) is 61.8 Å². The fourth-order valence-corrected chi connectivity index (χ4v) is 2.60. The molecule has 0 saturated heterocycles. The number of hydrogen-bond donors (Lipinski definition) is 0. The van der Waals surface area contributed by atoms with Crippen LogP contribution in [0.2, 0.25) is 0 Å². The number of benzene rings is 2. The number of rotatable bonds is 5. The van der Waals surface area contributed by atoms with Crippen LogP contribution in [0.15, 0.2) is 47.4 Å². The average molecular weight is 312 g/mol. The van der Waals surface area contributed by atoms with Crippen molar-refractivity contribution in [3.05, 3.63) is 48.3 Å². The molecule has 0 heterocycles. The average Bonchev–Trinajstić information content (AvgIpc) is 2.48. The molecule has 7 heteroatoms. The molecule has 0 aromatic heterocycles. The fraction of sp³-hybridized carbons (Fsp3) is 0.143. The molecular weight excluding hydrogens is 299 g/mol. The maximum absolute atomic E-state index is 13.5. The zero-order valence-corrected chi connectivity index (χ0v) is 12.2. The Morgan fingerprint density at radius 3 is 2.19 bits per heavy atom. The van der Waals surface area contributed by atoms with E-state index < -0.39 is 15.9 Å². The largest absolute Gasteiger partial charge is 0.493 e. The maximum atomic E-state index is 13.5. The number of methoxy groups -OCH3 is 2. The van der Waals surface area contributed by atoms with Crippen LogP contribution in [0.25, 0.3) is 0 Å². The van der Waals surface area contributed by atoms with Crippen LogP contribution in [0.4, 0.5) is 4.39 Å². The minimum absolute atomic E-state index is 0.164.